The Bertz CT molecular complexity index is 692. The van der Waals surface area contributed by atoms with Gasteiger partial charge in [-0.2, -0.15) is 13.2 Å². The van der Waals surface area contributed by atoms with E-state index >= 15 is 0 Å². The third-order valence-corrected chi connectivity index (χ3v) is 2.96. The molecular weight excluding hydrogens is 330 g/mol. The molecule has 4 nitrogen and oxygen atoms in total. The summed E-state index contributed by atoms with van der Waals surface area (Å²) < 4.78 is 38.1. The van der Waals surface area contributed by atoms with E-state index in [-0.39, 0.29) is 27.2 Å². The van der Waals surface area contributed by atoms with Crippen LogP contribution in [-0.4, -0.2) is 16.3 Å². The number of carbonyl (C=O) groups is 1. The molecule has 0 unspecified atom stereocenters. The van der Waals surface area contributed by atoms with Gasteiger partial charge in [-0.15, -0.1) is 0 Å². The molecule has 2 rings (SSSR count). The fourth-order valence-electron chi connectivity index (χ4n) is 1.54. The van der Waals surface area contributed by atoms with E-state index in [1.807, 2.05) is 0 Å². The molecule has 0 amide bonds. The molecule has 0 bridgehead atoms. The molecule has 9 heteroatoms. The number of carbonyl (C=O) groups excluding carboxylic acids is 1. The summed E-state index contributed by atoms with van der Waals surface area (Å²) in [5.41, 5.74) is -0.967. The highest BCUT2D eigenvalue weighted by Crippen LogP contribution is 2.34. The van der Waals surface area contributed by atoms with Crippen molar-refractivity contribution < 1.29 is 18.0 Å². The van der Waals surface area contributed by atoms with Gasteiger partial charge in [-0.05, 0) is 18.2 Å². The number of nitrogens with zero attached hydrogens (tertiary/aromatic N) is 2. The van der Waals surface area contributed by atoms with Gasteiger partial charge in [0.25, 0.3) is 0 Å². The number of anilines is 2. The second-order valence-corrected chi connectivity index (χ2v) is 4.69. The summed E-state index contributed by atoms with van der Waals surface area (Å²) in [6.07, 6.45) is -3.06. The standard InChI is InChI=1S/C12H6Cl2F3N3O/c13-7-1-6(12(15,16)17)2-8(3-7)20-11-9(4-21)10(14)18-5-19-11/h1-5H,(H,18,19,20). The lowest BCUT2D eigenvalue weighted by molar-refractivity contribution is -0.137. The maximum absolute atomic E-state index is 12.7. The predicted molar refractivity (Wildman–Crippen MR) is 72.2 cm³/mol. The molecule has 1 N–H and O–H groups in total. The van der Waals surface area contributed by atoms with Crippen LogP contribution in [0.5, 0.6) is 0 Å². The molecule has 1 aromatic carbocycles. The van der Waals surface area contributed by atoms with Gasteiger partial charge in [0.1, 0.15) is 17.3 Å². The van der Waals surface area contributed by atoms with E-state index < -0.39 is 11.7 Å². The highest BCUT2D eigenvalue weighted by molar-refractivity contribution is 6.32. The summed E-state index contributed by atoms with van der Waals surface area (Å²) in [4.78, 5) is 18.3. The van der Waals surface area contributed by atoms with E-state index in [1.165, 1.54) is 6.07 Å². The monoisotopic (exact) mass is 335 g/mol. The third-order valence-electron chi connectivity index (χ3n) is 2.44. The van der Waals surface area contributed by atoms with Gasteiger partial charge in [0.2, 0.25) is 0 Å². The lowest BCUT2D eigenvalue weighted by Gasteiger charge is -2.12. The molecule has 0 saturated carbocycles. The summed E-state index contributed by atoms with van der Waals surface area (Å²) in [7, 11) is 0. The highest BCUT2D eigenvalue weighted by atomic mass is 35.5. The zero-order valence-corrected chi connectivity index (χ0v) is 11.6. The first-order valence-corrected chi connectivity index (χ1v) is 6.17. The smallest absolute Gasteiger partial charge is 0.339 e. The molecule has 0 radical (unpaired) electrons. The fourth-order valence-corrected chi connectivity index (χ4v) is 1.95. The second kappa shape index (κ2) is 5.87. The average Bonchev–Trinajstić information content (AvgIpc) is 2.37. The molecule has 2 aromatic rings. The van der Waals surface area contributed by atoms with Crippen LogP contribution >= 0.6 is 23.2 Å². The zero-order chi connectivity index (χ0) is 15.6. The zero-order valence-electron chi connectivity index (χ0n) is 10.1. The summed E-state index contributed by atoms with van der Waals surface area (Å²) in [6.45, 7) is 0. The number of alkyl halides is 3. The van der Waals surface area contributed by atoms with Gasteiger partial charge in [-0.1, -0.05) is 23.2 Å². The molecule has 110 valence electrons. The normalized spacial score (nSPS) is 11.3. The van der Waals surface area contributed by atoms with Crippen LogP contribution in [0.15, 0.2) is 24.5 Å². The van der Waals surface area contributed by atoms with Gasteiger partial charge in [0.15, 0.2) is 6.29 Å². The Morgan fingerprint density at radius 2 is 1.86 bits per heavy atom. The van der Waals surface area contributed by atoms with Gasteiger partial charge < -0.3 is 5.32 Å². The average molecular weight is 336 g/mol. The Hall–Kier alpha value is -1.86. The maximum Gasteiger partial charge on any atom is 0.416 e. The van der Waals surface area contributed by atoms with Gasteiger partial charge in [0, 0.05) is 10.7 Å². The number of benzene rings is 1. The number of hydrogen-bond acceptors (Lipinski definition) is 4. The molecule has 0 fully saturated rings. The van der Waals surface area contributed by atoms with E-state index in [1.54, 1.807) is 0 Å². The van der Waals surface area contributed by atoms with Gasteiger partial charge >= 0.3 is 6.18 Å². The Morgan fingerprint density at radius 3 is 2.48 bits per heavy atom. The van der Waals surface area contributed by atoms with Crippen LogP contribution < -0.4 is 5.32 Å². The Labute approximate surface area is 126 Å². The van der Waals surface area contributed by atoms with Crippen LogP contribution in [0.4, 0.5) is 24.7 Å². The van der Waals surface area contributed by atoms with Crippen LogP contribution in [0.1, 0.15) is 15.9 Å². The molecule has 0 spiro atoms. The minimum Gasteiger partial charge on any atom is -0.339 e. The van der Waals surface area contributed by atoms with Gasteiger partial charge in [0.05, 0.1) is 11.1 Å². The molecule has 0 aliphatic carbocycles. The van der Waals surface area contributed by atoms with Crippen LogP contribution in [0, 0.1) is 0 Å². The van der Waals surface area contributed by atoms with Crippen molar-refractivity contribution in [3.8, 4) is 0 Å². The van der Waals surface area contributed by atoms with Crippen LogP contribution in [0.2, 0.25) is 10.2 Å². The number of halogens is 5. The number of rotatable bonds is 3. The second-order valence-electron chi connectivity index (χ2n) is 3.90. The van der Waals surface area contributed by atoms with Crippen molar-refractivity contribution in [2.45, 2.75) is 6.18 Å². The number of nitrogens with one attached hydrogen (secondary N) is 1. The van der Waals surface area contributed by atoms with Crippen molar-refractivity contribution in [1.29, 1.82) is 0 Å². The first kappa shape index (κ1) is 15.5. The topological polar surface area (TPSA) is 54.9 Å². The molecule has 21 heavy (non-hydrogen) atoms. The van der Waals surface area contributed by atoms with Gasteiger partial charge in [-0.25, -0.2) is 9.97 Å². The van der Waals surface area contributed by atoms with Crippen LogP contribution in [-0.2, 0) is 6.18 Å². The minimum absolute atomic E-state index is 0.0135. The van der Waals surface area contributed by atoms with Crippen molar-refractivity contribution >= 4 is 41.0 Å². The summed E-state index contributed by atoms with van der Waals surface area (Å²) in [5, 5.41) is 2.34. The number of aldehydes is 1. The van der Waals surface area contributed by atoms with Crippen LogP contribution in [0.3, 0.4) is 0 Å². The summed E-state index contributed by atoms with van der Waals surface area (Å²) in [5.74, 6) is -0.0135. The number of hydrogen-bond donors (Lipinski definition) is 1. The van der Waals surface area contributed by atoms with Crippen molar-refractivity contribution in [2.75, 3.05) is 5.32 Å². The Kier molecular flexibility index (Phi) is 4.34. The van der Waals surface area contributed by atoms with E-state index in [9.17, 15) is 18.0 Å². The van der Waals surface area contributed by atoms with Crippen molar-refractivity contribution in [1.82, 2.24) is 9.97 Å². The number of aromatic nitrogens is 2. The Balaban J connectivity index is 2.43. The summed E-state index contributed by atoms with van der Waals surface area (Å²) >= 11 is 11.4. The van der Waals surface area contributed by atoms with Crippen LogP contribution in [0.25, 0.3) is 0 Å². The van der Waals surface area contributed by atoms with E-state index in [0.717, 1.165) is 18.5 Å². The Morgan fingerprint density at radius 1 is 1.14 bits per heavy atom. The quantitative estimate of drug-likeness (QED) is 0.668. The third kappa shape index (κ3) is 3.62. The molecule has 0 aliphatic rings. The molecule has 0 saturated heterocycles. The molecule has 1 heterocycles. The van der Waals surface area contributed by atoms with E-state index in [0.29, 0.717) is 6.29 Å². The first-order valence-electron chi connectivity index (χ1n) is 5.41. The van der Waals surface area contributed by atoms with Crippen molar-refractivity contribution in [2.24, 2.45) is 0 Å². The molecule has 0 atom stereocenters. The highest BCUT2D eigenvalue weighted by Gasteiger charge is 2.31. The van der Waals surface area contributed by atoms with Crippen molar-refractivity contribution in [3.05, 3.63) is 45.8 Å². The van der Waals surface area contributed by atoms with E-state index in [4.69, 9.17) is 23.2 Å². The SMILES string of the molecule is O=Cc1c(Cl)ncnc1Nc1cc(Cl)cc(C(F)(F)F)c1. The van der Waals surface area contributed by atoms with Gasteiger partial charge in [-0.3, -0.25) is 4.79 Å². The summed E-state index contributed by atoms with van der Waals surface area (Å²) in [6, 6.07) is 2.90. The maximum atomic E-state index is 12.7. The van der Waals surface area contributed by atoms with Crippen molar-refractivity contribution in [3.63, 3.8) is 0 Å². The predicted octanol–water partition coefficient (Wildman–Crippen LogP) is 4.36. The lowest BCUT2D eigenvalue weighted by atomic mass is 10.2. The molecule has 1 aromatic heterocycles. The molecule has 0 aliphatic heterocycles. The lowest BCUT2D eigenvalue weighted by Crippen LogP contribution is -2.06. The minimum atomic E-state index is -4.54. The first-order chi connectivity index (χ1) is 9.81. The van der Waals surface area contributed by atoms with E-state index in [2.05, 4.69) is 15.3 Å². The fraction of sp³-hybridized carbons (Fsp3) is 0.0833. The molecular formula is C12H6Cl2F3N3O. The largest absolute Gasteiger partial charge is 0.416 e.